The minimum absolute atomic E-state index is 0.453. The van der Waals surface area contributed by atoms with Crippen LogP contribution in [-0.4, -0.2) is 17.1 Å². The van der Waals surface area contributed by atoms with Gasteiger partial charge in [-0.2, -0.15) is 0 Å². The third-order valence-corrected chi connectivity index (χ3v) is 3.45. The van der Waals surface area contributed by atoms with E-state index in [0.29, 0.717) is 6.04 Å². The van der Waals surface area contributed by atoms with Crippen molar-refractivity contribution < 1.29 is 9.90 Å². The molecule has 122 valence electrons. The fourth-order valence-corrected chi connectivity index (χ4v) is 2.10. The van der Waals surface area contributed by atoms with Crippen LogP contribution in [-0.2, 0) is 4.79 Å². The number of hydrogen-bond donors (Lipinski definition) is 2. The Morgan fingerprint density at radius 2 is 1.25 bits per heavy atom. The van der Waals surface area contributed by atoms with Gasteiger partial charge < -0.3 is 10.8 Å². The van der Waals surface area contributed by atoms with Crippen LogP contribution in [0.4, 0.5) is 0 Å². The Hall–Kier alpha value is -0.570. The highest BCUT2D eigenvalue weighted by atomic mass is 16.4. The molecule has 0 aromatic carbocycles. The quantitative estimate of drug-likeness (QED) is 0.489. The first kappa shape index (κ1) is 21.7. The molecule has 3 N–H and O–H groups in total. The molecule has 1 unspecified atom stereocenters. The number of nitrogens with two attached hydrogens (primary N) is 1. The lowest BCUT2D eigenvalue weighted by atomic mass is 10.0. The molecule has 0 aromatic rings. The second-order valence-corrected chi connectivity index (χ2v) is 5.66. The minimum Gasteiger partial charge on any atom is -0.481 e. The number of unbranched alkanes of at least 4 members (excludes halogenated alkanes) is 9. The van der Waals surface area contributed by atoms with Crippen molar-refractivity contribution in [1.82, 2.24) is 0 Å². The Labute approximate surface area is 126 Å². The summed E-state index contributed by atoms with van der Waals surface area (Å²) in [6.07, 6.45) is 16.5. The lowest BCUT2D eigenvalue weighted by Gasteiger charge is -2.07. The van der Waals surface area contributed by atoms with E-state index < -0.39 is 5.97 Å². The Bertz CT molecular complexity index is 191. The Kier molecular flexibility index (Phi) is 20.0. The van der Waals surface area contributed by atoms with Crippen LogP contribution in [0.5, 0.6) is 0 Å². The molecule has 0 heterocycles. The SMILES string of the molecule is CC(=O)O.CCCCCCCCCCCCC(N)CC. The third-order valence-electron chi connectivity index (χ3n) is 3.45. The molecule has 0 saturated heterocycles. The van der Waals surface area contributed by atoms with E-state index >= 15 is 0 Å². The summed E-state index contributed by atoms with van der Waals surface area (Å²) in [5.74, 6) is -0.833. The molecule has 3 nitrogen and oxygen atoms in total. The normalized spacial score (nSPS) is 11.6. The Morgan fingerprint density at radius 1 is 0.900 bits per heavy atom. The topological polar surface area (TPSA) is 63.3 Å². The fraction of sp³-hybridized carbons (Fsp3) is 0.941. The molecular formula is C17H37NO2. The van der Waals surface area contributed by atoms with E-state index in [1.54, 1.807) is 0 Å². The van der Waals surface area contributed by atoms with Gasteiger partial charge in [-0.1, -0.05) is 78.1 Å². The second-order valence-electron chi connectivity index (χ2n) is 5.66. The molecular weight excluding hydrogens is 250 g/mol. The average Bonchev–Trinajstić information content (AvgIpc) is 2.40. The molecule has 1 atom stereocenters. The zero-order valence-electron chi connectivity index (χ0n) is 14.0. The van der Waals surface area contributed by atoms with E-state index in [9.17, 15) is 0 Å². The summed E-state index contributed by atoms with van der Waals surface area (Å²) >= 11 is 0. The molecule has 0 radical (unpaired) electrons. The maximum absolute atomic E-state index is 9.00. The van der Waals surface area contributed by atoms with Gasteiger partial charge in [0.25, 0.3) is 5.97 Å². The number of carbonyl (C=O) groups is 1. The van der Waals surface area contributed by atoms with Gasteiger partial charge in [0.05, 0.1) is 0 Å². The van der Waals surface area contributed by atoms with Crippen molar-refractivity contribution >= 4 is 5.97 Å². The van der Waals surface area contributed by atoms with Gasteiger partial charge in [-0.15, -0.1) is 0 Å². The van der Waals surface area contributed by atoms with Gasteiger partial charge in [0.15, 0.2) is 0 Å². The van der Waals surface area contributed by atoms with Crippen molar-refractivity contribution in [1.29, 1.82) is 0 Å². The summed E-state index contributed by atoms with van der Waals surface area (Å²) in [5.41, 5.74) is 5.88. The first-order valence-corrected chi connectivity index (χ1v) is 8.49. The van der Waals surface area contributed by atoms with E-state index in [-0.39, 0.29) is 0 Å². The predicted molar refractivity (Wildman–Crippen MR) is 88.0 cm³/mol. The molecule has 0 amide bonds. The smallest absolute Gasteiger partial charge is 0.300 e. The second kappa shape index (κ2) is 18.4. The molecule has 0 spiro atoms. The van der Waals surface area contributed by atoms with Crippen LogP contribution >= 0.6 is 0 Å². The largest absolute Gasteiger partial charge is 0.481 e. The van der Waals surface area contributed by atoms with Crippen molar-refractivity contribution in [2.24, 2.45) is 5.73 Å². The molecule has 0 aliphatic carbocycles. The summed E-state index contributed by atoms with van der Waals surface area (Å²) in [6, 6.07) is 0.453. The standard InChI is InChI=1S/C15H33N.C2H4O2/c1-3-5-6-7-8-9-10-11-12-13-14-15(16)4-2;1-2(3)4/h15H,3-14,16H2,1-2H3;1H3,(H,3,4). The van der Waals surface area contributed by atoms with Gasteiger partial charge in [-0.25, -0.2) is 0 Å². The maximum atomic E-state index is 9.00. The molecule has 0 aromatic heterocycles. The first-order valence-electron chi connectivity index (χ1n) is 8.49. The van der Waals surface area contributed by atoms with Crippen LogP contribution in [0.15, 0.2) is 0 Å². The molecule has 3 heteroatoms. The maximum Gasteiger partial charge on any atom is 0.300 e. The van der Waals surface area contributed by atoms with Crippen molar-refractivity contribution in [2.75, 3.05) is 0 Å². The van der Waals surface area contributed by atoms with E-state index in [0.717, 1.165) is 13.3 Å². The highest BCUT2D eigenvalue weighted by molar-refractivity contribution is 5.62. The zero-order valence-corrected chi connectivity index (χ0v) is 14.0. The monoisotopic (exact) mass is 287 g/mol. The van der Waals surface area contributed by atoms with Crippen molar-refractivity contribution in [3.8, 4) is 0 Å². The van der Waals surface area contributed by atoms with Crippen molar-refractivity contribution in [3.63, 3.8) is 0 Å². The van der Waals surface area contributed by atoms with Gasteiger partial charge >= 0.3 is 0 Å². The zero-order chi connectivity index (χ0) is 15.6. The number of carboxylic acid groups (broad SMARTS) is 1. The molecule has 0 aliphatic rings. The Balaban J connectivity index is 0. The lowest BCUT2D eigenvalue weighted by Crippen LogP contribution is -2.17. The summed E-state index contributed by atoms with van der Waals surface area (Å²) in [7, 11) is 0. The van der Waals surface area contributed by atoms with Crippen LogP contribution in [0.2, 0.25) is 0 Å². The Morgan fingerprint density at radius 3 is 1.60 bits per heavy atom. The van der Waals surface area contributed by atoms with Gasteiger partial charge in [0, 0.05) is 13.0 Å². The molecule has 0 bridgehead atoms. The summed E-state index contributed by atoms with van der Waals surface area (Å²) in [5, 5.41) is 7.42. The predicted octanol–water partition coefficient (Wildman–Crippen LogP) is 5.13. The number of hydrogen-bond acceptors (Lipinski definition) is 2. The number of carboxylic acids is 1. The molecule has 0 aliphatic heterocycles. The van der Waals surface area contributed by atoms with Crippen molar-refractivity contribution in [2.45, 2.75) is 104 Å². The molecule has 0 fully saturated rings. The third kappa shape index (κ3) is 26.1. The van der Waals surface area contributed by atoms with Crippen LogP contribution in [0, 0.1) is 0 Å². The average molecular weight is 287 g/mol. The molecule has 0 saturated carbocycles. The van der Waals surface area contributed by atoms with Crippen LogP contribution < -0.4 is 5.73 Å². The van der Waals surface area contributed by atoms with Crippen molar-refractivity contribution in [3.05, 3.63) is 0 Å². The number of aliphatic carboxylic acids is 1. The van der Waals surface area contributed by atoms with E-state index in [1.807, 2.05) is 0 Å². The van der Waals surface area contributed by atoms with E-state index in [1.165, 1.54) is 70.6 Å². The van der Waals surface area contributed by atoms with E-state index in [2.05, 4.69) is 13.8 Å². The summed E-state index contributed by atoms with van der Waals surface area (Å²) < 4.78 is 0. The van der Waals surface area contributed by atoms with E-state index in [4.69, 9.17) is 15.6 Å². The fourth-order valence-electron chi connectivity index (χ4n) is 2.10. The lowest BCUT2D eigenvalue weighted by molar-refractivity contribution is -0.134. The van der Waals surface area contributed by atoms with Gasteiger partial charge in [-0.3, -0.25) is 4.79 Å². The molecule has 0 rings (SSSR count). The first-order chi connectivity index (χ1) is 9.54. The van der Waals surface area contributed by atoms with Crippen LogP contribution in [0.3, 0.4) is 0 Å². The highest BCUT2D eigenvalue weighted by Crippen LogP contribution is 2.11. The number of rotatable bonds is 12. The molecule has 20 heavy (non-hydrogen) atoms. The highest BCUT2D eigenvalue weighted by Gasteiger charge is 1.98. The van der Waals surface area contributed by atoms with Crippen LogP contribution in [0.25, 0.3) is 0 Å². The van der Waals surface area contributed by atoms with Gasteiger partial charge in [0.1, 0.15) is 0 Å². The van der Waals surface area contributed by atoms with Gasteiger partial charge in [0.2, 0.25) is 0 Å². The van der Waals surface area contributed by atoms with Gasteiger partial charge in [-0.05, 0) is 12.8 Å². The minimum atomic E-state index is -0.833. The van der Waals surface area contributed by atoms with Crippen LogP contribution in [0.1, 0.15) is 97.8 Å². The summed E-state index contributed by atoms with van der Waals surface area (Å²) in [6.45, 7) is 5.54. The summed E-state index contributed by atoms with van der Waals surface area (Å²) in [4.78, 5) is 9.00.